The molecule has 1 fully saturated rings. The molecular formula is C12H15N3O3S. The first-order valence-electron chi connectivity index (χ1n) is 6.30. The number of benzene rings is 1. The van der Waals surface area contributed by atoms with Crippen molar-refractivity contribution in [1.82, 2.24) is 14.6 Å². The van der Waals surface area contributed by atoms with Crippen LogP contribution in [-0.4, -0.2) is 36.1 Å². The van der Waals surface area contributed by atoms with Crippen LogP contribution in [0, 0.1) is 5.92 Å². The molecule has 1 aromatic carbocycles. The Hall–Kier alpha value is -1.47. The Morgan fingerprint density at radius 1 is 1.37 bits per heavy atom. The highest BCUT2D eigenvalue weighted by Gasteiger charge is 2.30. The van der Waals surface area contributed by atoms with Gasteiger partial charge >= 0.3 is 0 Å². The third-order valence-corrected chi connectivity index (χ3v) is 5.38. The second kappa shape index (κ2) is 4.57. The van der Waals surface area contributed by atoms with Gasteiger partial charge in [-0.05, 0) is 41.2 Å². The fourth-order valence-electron chi connectivity index (χ4n) is 2.49. The molecule has 0 radical (unpaired) electrons. The van der Waals surface area contributed by atoms with Crippen LogP contribution in [0.1, 0.15) is 19.8 Å². The lowest BCUT2D eigenvalue weighted by atomic mass is 10.0. The van der Waals surface area contributed by atoms with Crippen LogP contribution in [-0.2, 0) is 10.0 Å². The van der Waals surface area contributed by atoms with E-state index in [4.69, 9.17) is 0 Å². The Morgan fingerprint density at radius 2 is 2.21 bits per heavy atom. The molecule has 1 saturated heterocycles. The smallest absolute Gasteiger partial charge is 0.243 e. The molecule has 0 N–H and O–H groups in total. The molecule has 1 aliphatic rings. The van der Waals surface area contributed by atoms with Gasteiger partial charge in [0.2, 0.25) is 10.0 Å². The normalized spacial score (nSPS) is 21.8. The van der Waals surface area contributed by atoms with Gasteiger partial charge < -0.3 is 0 Å². The van der Waals surface area contributed by atoms with Gasteiger partial charge in [-0.2, -0.15) is 4.31 Å². The third-order valence-electron chi connectivity index (χ3n) is 3.49. The number of rotatable bonds is 2. The Bertz CT molecular complexity index is 695. The highest BCUT2D eigenvalue weighted by molar-refractivity contribution is 7.89. The summed E-state index contributed by atoms with van der Waals surface area (Å²) in [6.07, 6.45) is 1.97. The van der Waals surface area contributed by atoms with Crippen molar-refractivity contribution in [3.63, 3.8) is 0 Å². The predicted molar refractivity (Wildman–Crippen MR) is 69.0 cm³/mol. The van der Waals surface area contributed by atoms with E-state index in [9.17, 15) is 8.42 Å². The van der Waals surface area contributed by atoms with Gasteiger partial charge in [-0.1, -0.05) is 13.0 Å². The average Bonchev–Trinajstić information content (AvgIpc) is 2.86. The largest absolute Gasteiger partial charge is 0.245 e. The van der Waals surface area contributed by atoms with Crippen LogP contribution in [0.3, 0.4) is 0 Å². The zero-order valence-corrected chi connectivity index (χ0v) is 11.4. The number of hydrogen-bond acceptors (Lipinski definition) is 5. The van der Waals surface area contributed by atoms with Gasteiger partial charge in [0.1, 0.15) is 10.4 Å². The van der Waals surface area contributed by atoms with Crippen molar-refractivity contribution in [2.45, 2.75) is 24.7 Å². The van der Waals surface area contributed by atoms with Crippen LogP contribution in [0.15, 0.2) is 27.7 Å². The monoisotopic (exact) mass is 281 g/mol. The highest BCUT2D eigenvalue weighted by atomic mass is 32.2. The third kappa shape index (κ3) is 2.12. The quantitative estimate of drug-likeness (QED) is 0.836. The summed E-state index contributed by atoms with van der Waals surface area (Å²) in [6, 6.07) is 4.90. The second-order valence-corrected chi connectivity index (χ2v) is 6.90. The van der Waals surface area contributed by atoms with Crippen LogP contribution in [0.4, 0.5) is 0 Å². The number of fused-ring (bicyclic) bond motifs is 1. The summed E-state index contributed by atoms with van der Waals surface area (Å²) in [5.41, 5.74) is 0.770. The average molecular weight is 281 g/mol. The van der Waals surface area contributed by atoms with E-state index in [2.05, 4.69) is 21.9 Å². The van der Waals surface area contributed by atoms with Crippen molar-refractivity contribution in [2.24, 2.45) is 5.92 Å². The Labute approximate surface area is 111 Å². The first kappa shape index (κ1) is 12.6. The van der Waals surface area contributed by atoms with Gasteiger partial charge in [0.15, 0.2) is 5.52 Å². The molecule has 6 nitrogen and oxygen atoms in total. The van der Waals surface area contributed by atoms with Gasteiger partial charge in [0.25, 0.3) is 0 Å². The van der Waals surface area contributed by atoms with Crippen molar-refractivity contribution in [3.8, 4) is 0 Å². The predicted octanol–water partition coefficient (Wildman–Crippen LogP) is 1.64. The maximum atomic E-state index is 12.7. The van der Waals surface area contributed by atoms with E-state index in [0.29, 0.717) is 30.0 Å². The van der Waals surface area contributed by atoms with Crippen molar-refractivity contribution >= 4 is 21.1 Å². The lowest BCUT2D eigenvalue weighted by Gasteiger charge is -2.29. The summed E-state index contributed by atoms with van der Waals surface area (Å²) in [5.74, 6) is 0.387. The Kier molecular flexibility index (Phi) is 3.02. The lowest BCUT2D eigenvalue weighted by Crippen LogP contribution is -2.39. The van der Waals surface area contributed by atoms with Gasteiger partial charge in [-0.25, -0.2) is 13.0 Å². The van der Waals surface area contributed by atoms with Crippen LogP contribution in [0.25, 0.3) is 11.0 Å². The van der Waals surface area contributed by atoms with E-state index in [1.54, 1.807) is 18.2 Å². The van der Waals surface area contributed by atoms with Crippen LogP contribution in [0.5, 0.6) is 0 Å². The number of aromatic nitrogens is 2. The number of sulfonamides is 1. The summed E-state index contributed by atoms with van der Waals surface area (Å²) in [7, 11) is -3.52. The van der Waals surface area contributed by atoms with E-state index < -0.39 is 10.0 Å². The summed E-state index contributed by atoms with van der Waals surface area (Å²) < 4.78 is 31.5. The Balaban J connectivity index is 2.06. The van der Waals surface area contributed by atoms with Crippen molar-refractivity contribution < 1.29 is 13.0 Å². The molecule has 0 amide bonds. The molecule has 19 heavy (non-hydrogen) atoms. The lowest BCUT2D eigenvalue weighted by molar-refractivity contribution is 0.281. The van der Waals surface area contributed by atoms with Gasteiger partial charge in [0, 0.05) is 13.1 Å². The summed E-state index contributed by atoms with van der Waals surface area (Å²) >= 11 is 0. The molecule has 2 aromatic rings. The molecule has 3 rings (SSSR count). The standard InChI is InChI=1S/C12H15N3O3S/c1-9-4-3-7-15(8-9)19(16,17)11-6-2-5-10-12(11)14-18-13-10/h2,5-6,9H,3-4,7-8H2,1H3/t9-/m1/s1. The van der Waals surface area contributed by atoms with E-state index in [1.807, 2.05) is 0 Å². The van der Waals surface area contributed by atoms with E-state index in [1.165, 1.54) is 4.31 Å². The first-order chi connectivity index (χ1) is 9.09. The fraction of sp³-hybridized carbons (Fsp3) is 0.500. The van der Waals surface area contributed by atoms with Crippen molar-refractivity contribution in [2.75, 3.05) is 13.1 Å². The fourth-order valence-corrected chi connectivity index (χ4v) is 4.23. The minimum Gasteiger partial charge on any atom is -0.243 e. The van der Waals surface area contributed by atoms with E-state index in [0.717, 1.165) is 12.8 Å². The maximum absolute atomic E-state index is 12.7. The molecule has 0 unspecified atom stereocenters. The molecule has 0 aliphatic carbocycles. The zero-order valence-electron chi connectivity index (χ0n) is 10.6. The zero-order chi connectivity index (χ0) is 13.5. The molecule has 1 atom stereocenters. The minimum atomic E-state index is -3.52. The molecule has 102 valence electrons. The van der Waals surface area contributed by atoms with E-state index >= 15 is 0 Å². The van der Waals surface area contributed by atoms with Crippen molar-refractivity contribution in [1.29, 1.82) is 0 Å². The van der Waals surface area contributed by atoms with Crippen molar-refractivity contribution in [3.05, 3.63) is 18.2 Å². The number of hydrogen-bond donors (Lipinski definition) is 0. The van der Waals surface area contributed by atoms with E-state index in [-0.39, 0.29) is 4.90 Å². The van der Waals surface area contributed by atoms with Crippen LogP contribution >= 0.6 is 0 Å². The molecule has 0 bridgehead atoms. The minimum absolute atomic E-state index is 0.181. The summed E-state index contributed by atoms with van der Waals surface area (Å²) in [6.45, 7) is 3.19. The molecule has 0 spiro atoms. The Morgan fingerprint density at radius 3 is 3.00 bits per heavy atom. The molecule has 1 aromatic heterocycles. The summed E-state index contributed by atoms with van der Waals surface area (Å²) in [5, 5.41) is 7.39. The molecule has 7 heteroatoms. The number of nitrogens with zero attached hydrogens (tertiary/aromatic N) is 3. The second-order valence-electron chi connectivity index (χ2n) is 5.00. The highest BCUT2D eigenvalue weighted by Crippen LogP contribution is 2.27. The van der Waals surface area contributed by atoms with Gasteiger partial charge in [-0.15, -0.1) is 0 Å². The molecule has 2 heterocycles. The van der Waals surface area contributed by atoms with Crippen LogP contribution in [0.2, 0.25) is 0 Å². The summed E-state index contributed by atoms with van der Waals surface area (Å²) in [4.78, 5) is 0.181. The number of piperidine rings is 1. The maximum Gasteiger partial charge on any atom is 0.245 e. The molecule has 1 aliphatic heterocycles. The van der Waals surface area contributed by atoms with Gasteiger partial charge in [0.05, 0.1) is 0 Å². The molecule has 0 saturated carbocycles. The topological polar surface area (TPSA) is 76.3 Å². The van der Waals surface area contributed by atoms with Crippen LogP contribution < -0.4 is 0 Å². The molecular weight excluding hydrogens is 266 g/mol. The SMILES string of the molecule is C[C@@H]1CCCN(S(=O)(=O)c2cccc3nonc23)C1. The van der Waals surface area contributed by atoms with Gasteiger partial charge in [-0.3, -0.25) is 0 Å². The first-order valence-corrected chi connectivity index (χ1v) is 7.74.